The van der Waals surface area contributed by atoms with E-state index in [0.29, 0.717) is 17.0 Å². The maximum atomic E-state index is 11.0. The zero-order valence-corrected chi connectivity index (χ0v) is 11.6. The normalized spacial score (nSPS) is 10.1. The van der Waals surface area contributed by atoms with Crippen molar-refractivity contribution < 1.29 is 19.4 Å². The Bertz CT molecular complexity index is 636. The summed E-state index contributed by atoms with van der Waals surface area (Å²) >= 11 is 1.17. The molecule has 104 valence electrons. The molecule has 0 bridgehead atoms. The minimum atomic E-state index is -0.953. The lowest BCUT2D eigenvalue weighted by Gasteiger charge is -2.08. The Morgan fingerprint density at radius 3 is 2.85 bits per heavy atom. The Kier molecular flexibility index (Phi) is 4.37. The smallest absolute Gasteiger partial charge is 0.346 e. The van der Waals surface area contributed by atoms with Crippen molar-refractivity contribution in [1.29, 1.82) is 0 Å². The summed E-state index contributed by atoms with van der Waals surface area (Å²) in [5.74, 6) is -0.544. The number of anilines is 1. The van der Waals surface area contributed by atoms with Crippen LogP contribution in [-0.4, -0.2) is 17.0 Å². The van der Waals surface area contributed by atoms with E-state index in [9.17, 15) is 9.59 Å². The first-order chi connectivity index (χ1) is 9.56. The molecular weight excluding hydrogens is 278 g/mol. The van der Waals surface area contributed by atoms with Gasteiger partial charge in [0.1, 0.15) is 17.2 Å². The van der Waals surface area contributed by atoms with Gasteiger partial charge >= 0.3 is 5.97 Å². The van der Waals surface area contributed by atoms with Crippen molar-refractivity contribution in [2.24, 2.45) is 0 Å². The van der Waals surface area contributed by atoms with Crippen LogP contribution in [0.1, 0.15) is 22.2 Å². The second-order valence-electron chi connectivity index (χ2n) is 4.08. The standard InChI is InChI=1S/C14H13NO4S/c1-9(16)15-11-3-2-4-12(7-11)19-8-10-5-6-20-13(10)14(17)18/h2-7H,8H2,1H3,(H,15,16)(H,17,18). The van der Waals surface area contributed by atoms with Gasteiger partial charge in [0.25, 0.3) is 0 Å². The van der Waals surface area contributed by atoms with Gasteiger partial charge in [-0.2, -0.15) is 0 Å². The molecule has 0 aliphatic carbocycles. The number of carboxylic acid groups (broad SMARTS) is 1. The van der Waals surface area contributed by atoms with Crippen molar-refractivity contribution in [1.82, 2.24) is 0 Å². The van der Waals surface area contributed by atoms with Gasteiger partial charge in [0, 0.05) is 24.2 Å². The van der Waals surface area contributed by atoms with Crippen LogP contribution in [0.4, 0.5) is 5.69 Å². The van der Waals surface area contributed by atoms with Crippen LogP contribution in [0.15, 0.2) is 35.7 Å². The summed E-state index contributed by atoms with van der Waals surface area (Å²) in [5.41, 5.74) is 1.27. The third-order valence-corrected chi connectivity index (χ3v) is 3.43. The summed E-state index contributed by atoms with van der Waals surface area (Å²) in [6.07, 6.45) is 0. The van der Waals surface area contributed by atoms with E-state index in [1.54, 1.807) is 35.7 Å². The van der Waals surface area contributed by atoms with Gasteiger partial charge in [0.15, 0.2) is 0 Å². The van der Waals surface area contributed by atoms with E-state index in [2.05, 4.69) is 5.32 Å². The number of carbonyl (C=O) groups is 2. The van der Waals surface area contributed by atoms with E-state index in [0.717, 1.165) is 0 Å². The van der Waals surface area contributed by atoms with Gasteiger partial charge in [0.05, 0.1) is 0 Å². The third kappa shape index (κ3) is 3.58. The van der Waals surface area contributed by atoms with Crippen LogP contribution < -0.4 is 10.1 Å². The van der Waals surface area contributed by atoms with Crippen LogP contribution in [0.3, 0.4) is 0 Å². The van der Waals surface area contributed by atoms with E-state index < -0.39 is 5.97 Å². The lowest BCUT2D eigenvalue weighted by Crippen LogP contribution is -2.06. The van der Waals surface area contributed by atoms with Crippen LogP contribution in [-0.2, 0) is 11.4 Å². The van der Waals surface area contributed by atoms with Gasteiger partial charge in [-0.3, -0.25) is 4.79 Å². The number of benzene rings is 1. The number of carboxylic acids is 1. The monoisotopic (exact) mass is 291 g/mol. The molecule has 20 heavy (non-hydrogen) atoms. The molecule has 2 rings (SSSR count). The summed E-state index contributed by atoms with van der Waals surface area (Å²) in [5, 5.41) is 13.4. The average molecular weight is 291 g/mol. The van der Waals surface area contributed by atoms with Crippen LogP contribution in [0.2, 0.25) is 0 Å². The molecule has 2 N–H and O–H groups in total. The van der Waals surface area contributed by atoms with Crippen LogP contribution in [0.5, 0.6) is 5.75 Å². The van der Waals surface area contributed by atoms with Crippen LogP contribution in [0, 0.1) is 0 Å². The highest BCUT2D eigenvalue weighted by atomic mass is 32.1. The summed E-state index contributed by atoms with van der Waals surface area (Å²) in [6, 6.07) is 8.67. The number of hydrogen-bond donors (Lipinski definition) is 2. The highest BCUT2D eigenvalue weighted by Gasteiger charge is 2.12. The summed E-state index contributed by atoms with van der Waals surface area (Å²) in [7, 11) is 0. The number of amides is 1. The molecular formula is C14H13NO4S. The van der Waals surface area contributed by atoms with Crippen molar-refractivity contribution in [3.8, 4) is 5.75 Å². The number of hydrogen-bond acceptors (Lipinski definition) is 4. The fourth-order valence-electron chi connectivity index (χ4n) is 1.66. The first-order valence-electron chi connectivity index (χ1n) is 5.86. The van der Waals surface area contributed by atoms with Crippen LogP contribution >= 0.6 is 11.3 Å². The third-order valence-electron chi connectivity index (χ3n) is 2.49. The summed E-state index contributed by atoms with van der Waals surface area (Å²) < 4.78 is 5.56. The lowest BCUT2D eigenvalue weighted by molar-refractivity contribution is -0.114. The van der Waals surface area contributed by atoms with Crippen LogP contribution in [0.25, 0.3) is 0 Å². The highest BCUT2D eigenvalue weighted by molar-refractivity contribution is 7.12. The molecule has 0 radical (unpaired) electrons. The molecule has 0 fully saturated rings. The molecule has 1 aromatic heterocycles. The lowest BCUT2D eigenvalue weighted by atomic mass is 10.2. The van der Waals surface area contributed by atoms with Crippen molar-refractivity contribution in [2.75, 3.05) is 5.32 Å². The molecule has 0 aliphatic rings. The Labute approximate surface area is 119 Å². The molecule has 0 unspecified atom stereocenters. The fraction of sp³-hybridized carbons (Fsp3) is 0.143. The van der Waals surface area contributed by atoms with Crippen molar-refractivity contribution in [2.45, 2.75) is 13.5 Å². The SMILES string of the molecule is CC(=O)Nc1cccc(OCc2ccsc2C(=O)O)c1. The maximum absolute atomic E-state index is 11.0. The largest absolute Gasteiger partial charge is 0.489 e. The fourth-order valence-corrected chi connectivity index (χ4v) is 2.41. The number of carbonyl (C=O) groups excluding carboxylic acids is 1. The van der Waals surface area contributed by atoms with Gasteiger partial charge in [0.2, 0.25) is 5.91 Å². The van der Waals surface area contributed by atoms with Gasteiger partial charge in [-0.1, -0.05) is 6.07 Å². The molecule has 0 spiro atoms. The molecule has 1 amide bonds. The predicted octanol–water partition coefficient (Wildman–Crippen LogP) is 2.98. The molecule has 0 saturated heterocycles. The molecule has 0 aliphatic heterocycles. The summed E-state index contributed by atoms with van der Waals surface area (Å²) in [6.45, 7) is 1.60. The second kappa shape index (κ2) is 6.21. The first kappa shape index (κ1) is 14.1. The Hall–Kier alpha value is -2.34. The molecule has 1 aromatic carbocycles. The van der Waals surface area contributed by atoms with Crippen molar-refractivity contribution in [3.05, 3.63) is 46.2 Å². The average Bonchev–Trinajstić information content (AvgIpc) is 2.84. The summed E-state index contributed by atoms with van der Waals surface area (Å²) in [4.78, 5) is 22.2. The molecule has 5 nitrogen and oxygen atoms in total. The van der Waals surface area contributed by atoms with E-state index in [1.807, 2.05) is 0 Å². The van der Waals surface area contributed by atoms with Crippen molar-refractivity contribution >= 4 is 28.9 Å². The molecule has 0 atom stereocenters. The number of aromatic carboxylic acids is 1. The minimum Gasteiger partial charge on any atom is -0.489 e. The minimum absolute atomic E-state index is 0.159. The Morgan fingerprint density at radius 2 is 2.15 bits per heavy atom. The van der Waals surface area contributed by atoms with Gasteiger partial charge in [-0.25, -0.2) is 4.79 Å². The predicted molar refractivity (Wildman–Crippen MR) is 76.4 cm³/mol. The zero-order valence-electron chi connectivity index (χ0n) is 10.8. The van der Waals surface area contributed by atoms with Crippen molar-refractivity contribution in [3.63, 3.8) is 0 Å². The Morgan fingerprint density at radius 1 is 1.35 bits per heavy atom. The van der Waals surface area contributed by atoms with E-state index in [1.165, 1.54) is 18.3 Å². The molecule has 1 heterocycles. The topological polar surface area (TPSA) is 75.6 Å². The second-order valence-corrected chi connectivity index (χ2v) is 4.99. The molecule has 2 aromatic rings. The van der Waals surface area contributed by atoms with E-state index in [4.69, 9.17) is 9.84 Å². The molecule has 6 heteroatoms. The highest BCUT2D eigenvalue weighted by Crippen LogP contribution is 2.21. The van der Waals surface area contributed by atoms with Gasteiger partial charge in [-0.15, -0.1) is 11.3 Å². The number of rotatable bonds is 5. The molecule has 0 saturated carbocycles. The van der Waals surface area contributed by atoms with Gasteiger partial charge in [-0.05, 0) is 23.6 Å². The zero-order chi connectivity index (χ0) is 14.5. The van der Waals surface area contributed by atoms with E-state index in [-0.39, 0.29) is 17.4 Å². The number of ether oxygens (including phenoxy) is 1. The maximum Gasteiger partial charge on any atom is 0.346 e. The first-order valence-corrected chi connectivity index (χ1v) is 6.74. The number of thiophene rings is 1. The van der Waals surface area contributed by atoms with Gasteiger partial charge < -0.3 is 15.2 Å². The quantitative estimate of drug-likeness (QED) is 0.888. The number of nitrogens with one attached hydrogen (secondary N) is 1. The van der Waals surface area contributed by atoms with E-state index >= 15 is 0 Å². The Balaban J connectivity index is 2.05.